The Hall–Kier alpha value is -2.97. The molecule has 0 saturated carbocycles. The zero-order valence-electron chi connectivity index (χ0n) is 17.8. The largest absolute Gasteiger partial charge is 0.493 e. The van der Waals surface area contributed by atoms with Crippen LogP contribution in [-0.4, -0.2) is 53.5 Å². The second-order valence-corrected chi connectivity index (χ2v) is 8.31. The van der Waals surface area contributed by atoms with Gasteiger partial charge in [-0.25, -0.2) is 4.98 Å². The molecule has 0 aromatic carbocycles. The molecule has 1 atom stereocenters. The standard InChI is InChI=1S/C23H26N4O4/c1-14(28)25-23-7-18-19(9-27(2)22(18)8-24-23)21-6-17(31-12-15-10-30-11-15)5-20(26-21)16-3-4-29-13-16/h5-9,15-16H,3-4,10-13H2,1-2H3,(H,24,25,28). The summed E-state index contributed by atoms with van der Waals surface area (Å²) < 4.78 is 19.0. The summed E-state index contributed by atoms with van der Waals surface area (Å²) in [6, 6.07) is 5.93. The van der Waals surface area contributed by atoms with E-state index in [4.69, 9.17) is 19.2 Å². The summed E-state index contributed by atoms with van der Waals surface area (Å²) in [6.45, 7) is 5.05. The van der Waals surface area contributed by atoms with Crippen LogP contribution in [0.1, 0.15) is 25.0 Å². The van der Waals surface area contributed by atoms with Gasteiger partial charge in [0.2, 0.25) is 5.91 Å². The van der Waals surface area contributed by atoms with Crippen molar-refractivity contribution in [2.45, 2.75) is 19.3 Å². The van der Waals surface area contributed by atoms with Crippen LogP contribution >= 0.6 is 0 Å². The van der Waals surface area contributed by atoms with E-state index in [0.29, 0.717) is 24.9 Å². The third-order valence-electron chi connectivity index (χ3n) is 5.82. The van der Waals surface area contributed by atoms with Crippen molar-refractivity contribution in [2.24, 2.45) is 13.0 Å². The van der Waals surface area contributed by atoms with Gasteiger partial charge < -0.3 is 24.1 Å². The molecule has 2 fully saturated rings. The van der Waals surface area contributed by atoms with Gasteiger partial charge in [0.1, 0.15) is 11.6 Å². The molecule has 3 aromatic heterocycles. The molecule has 2 saturated heterocycles. The second-order valence-electron chi connectivity index (χ2n) is 8.31. The molecule has 0 aliphatic carbocycles. The Kier molecular flexibility index (Phi) is 5.33. The minimum Gasteiger partial charge on any atom is -0.493 e. The van der Waals surface area contributed by atoms with Gasteiger partial charge in [-0.1, -0.05) is 0 Å². The minimum atomic E-state index is -0.152. The van der Waals surface area contributed by atoms with Crippen LogP contribution in [-0.2, 0) is 21.3 Å². The van der Waals surface area contributed by atoms with E-state index in [1.807, 2.05) is 36.0 Å². The number of ether oxygens (including phenoxy) is 3. The number of carbonyl (C=O) groups is 1. The van der Waals surface area contributed by atoms with Crippen molar-refractivity contribution >= 4 is 22.6 Å². The van der Waals surface area contributed by atoms with Crippen LogP contribution < -0.4 is 10.1 Å². The molecule has 8 heteroatoms. The number of amides is 1. The van der Waals surface area contributed by atoms with Gasteiger partial charge >= 0.3 is 0 Å². The molecule has 5 rings (SSSR count). The topological polar surface area (TPSA) is 87.5 Å². The number of anilines is 1. The number of nitrogens with zero attached hydrogens (tertiary/aromatic N) is 3. The number of nitrogens with one attached hydrogen (secondary N) is 1. The first-order valence-electron chi connectivity index (χ1n) is 10.6. The maximum Gasteiger partial charge on any atom is 0.222 e. The quantitative estimate of drug-likeness (QED) is 0.657. The number of pyridine rings is 2. The van der Waals surface area contributed by atoms with E-state index in [-0.39, 0.29) is 11.8 Å². The molecule has 1 unspecified atom stereocenters. The molecular weight excluding hydrogens is 396 g/mol. The maximum atomic E-state index is 11.5. The van der Waals surface area contributed by atoms with Crippen molar-refractivity contribution in [1.29, 1.82) is 0 Å². The number of hydrogen-bond acceptors (Lipinski definition) is 6. The first-order chi connectivity index (χ1) is 15.1. The summed E-state index contributed by atoms with van der Waals surface area (Å²) in [5.41, 5.74) is 3.77. The third kappa shape index (κ3) is 4.13. The van der Waals surface area contributed by atoms with Crippen molar-refractivity contribution in [1.82, 2.24) is 14.5 Å². The van der Waals surface area contributed by atoms with E-state index < -0.39 is 0 Å². The molecule has 1 N–H and O–H groups in total. The van der Waals surface area contributed by atoms with E-state index >= 15 is 0 Å². The third-order valence-corrected chi connectivity index (χ3v) is 5.82. The zero-order valence-corrected chi connectivity index (χ0v) is 17.8. The lowest BCUT2D eigenvalue weighted by Gasteiger charge is -2.26. The summed E-state index contributed by atoms with van der Waals surface area (Å²) in [6.07, 6.45) is 4.77. The van der Waals surface area contributed by atoms with E-state index in [1.54, 1.807) is 6.20 Å². The summed E-state index contributed by atoms with van der Waals surface area (Å²) in [7, 11) is 1.98. The van der Waals surface area contributed by atoms with Gasteiger partial charge in [-0.3, -0.25) is 9.78 Å². The number of aryl methyl sites for hydroxylation is 1. The number of carbonyl (C=O) groups excluding carboxylic acids is 1. The molecule has 8 nitrogen and oxygen atoms in total. The smallest absolute Gasteiger partial charge is 0.222 e. The Bertz CT molecular complexity index is 1120. The highest BCUT2D eigenvalue weighted by Gasteiger charge is 2.23. The van der Waals surface area contributed by atoms with Gasteiger partial charge in [0.15, 0.2) is 0 Å². The van der Waals surface area contributed by atoms with E-state index in [1.165, 1.54) is 6.92 Å². The lowest BCUT2D eigenvalue weighted by molar-refractivity contribution is -0.114. The molecule has 2 aliphatic rings. The lowest BCUT2D eigenvalue weighted by atomic mass is 10.0. The number of rotatable bonds is 6. The van der Waals surface area contributed by atoms with Crippen molar-refractivity contribution in [3.05, 3.63) is 36.3 Å². The van der Waals surface area contributed by atoms with Crippen LogP contribution in [0.5, 0.6) is 5.75 Å². The van der Waals surface area contributed by atoms with Gasteiger partial charge in [-0.15, -0.1) is 0 Å². The monoisotopic (exact) mass is 422 g/mol. The van der Waals surface area contributed by atoms with Gasteiger partial charge in [0, 0.05) is 61.7 Å². The van der Waals surface area contributed by atoms with Gasteiger partial charge in [-0.05, 0) is 12.5 Å². The maximum absolute atomic E-state index is 11.5. The zero-order chi connectivity index (χ0) is 21.4. The lowest BCUT2D eigenvalue weighted by Crippen LogP contribution is -2.32. The van der Waals surface area contributed by atoms with E-state index in [9.17, 15) is 4.79 Å². The number of fused-ring (bicyclic) bond motifs is 1. The van der Waals surface area contributed by atoms with Crippen LogP contribution in [0.3, 0.4) is 0 Å². The highest BCUT2D eigenvalue weighted by Crippen LogP contribution is 2.35. The normalized spacial score (nSPS) is 18.8. The molecular formula is C23H26N4O4. The van der Waals surface area contributed by atoms with Crippen molar-refractivity contribution in [3.63, 3.8) is 0 Å². The molecule has 0 radical (unpaired) electrons. The SMILES string of the molecule is CC(=O)Nc1cc2c(-c3cc(OCC4COC4)cc(C4CCOC4)n3)cn(C)c2cn1. The fourth-order valence-electron chi connectivity index (χ4n) is 4.05. The molecule has 5 heterocycles. The first-order valence-corrected chi connectivity index (χ1v) is 10.6. The fraction of sp³-hybridized carbons (Fsp3) is 0.435. The highest BCUT2D eigenvalue weighted by atomic mass is 16.5. The Labute approximate surface area is 180 Å². The highest BCUT2D eigenvalue weighted by molar-refractivity contribution is 5.98. The summed E-state index contributed by atoms with van der Waals surface area (Å²) in [4.78, 5) is 20.8. The fourth-order valence-corrected chi connectivity index (χ4v) is 4.05. The van der Waals surface area contributed by atoms with Gasteiger partial charge in [-0.2, -0.15) is 0 Å². The first kappa shape index (κ1) is 20.0. The van der Waals surface area contributed by atoms with Crippen molar-refractivity contribution in [2.75, 3.05) is 38.4 Å². The predicted molar refractivity (Wildman–Crippen MR) is 116 cm³/mol. The van der Waals surface area contributed by atoms with Crippen LogP contribution in [0.4, 0.5) is 5.82 Å². The van der Waals surface area contributed by atoms with Gasteiger partial charge in [0.25, 0.3) is 0 Å². The van der Waals surface area contributed by atoms with Crippen LogP contribution in [0.15, 0.2) is 30.6 Å². The molecule has 3 aromatic rings. The molecule has 1 amide bonds. The molecule has 162 valence electrons. The Morgan fingerprint density at radius 3 is 2.84 bits per heavy atom. The number of aromatic nitrogens is 3. The van der Waals surface area contributed by atoms with E-state index in [0.717, 1.165) is 59.8 Å². The van der Waals surface area contributed by atoms with Crippen LogP contribution in [0.25, 0.3) is 22.2 Å². The van der Waals surface area contributed by atoms with Crippen molar-refractivity contribution in [3.8, 4) is 17.0 Å². The van der Waals surface area contributed by atoms with E-state index in [2.05, 4.69) is 10.3 Å². The summed E-state index contributed by atoms with van der Waals surface area (Å²) in [5.74, 6) is 1.89. The Balaban J connectivity index is 1.56. The van der Waals surface area contributed by atoms with Crippen molar-refractivity contribution < 1.29 is 19.0 Å². The Morgan fingerprint density at radius 2 is 2.13 bits per heavy atom. The molecule has 0 spiro atoms. The average Bonchev–Trinajstić information content (AvgIpc) is 3.35. The molecule has 0 bridgehead atoms. The van der Waals surface area contributed by atoms with Gasteiger partial charge in [0.05, 0.1) is 49.5 Å². The summed E-state index contributed by atoms with van der Waals surface area (Å²) in [5, 5.41) is 3.74. The molecule has 2 aliphatic heterocycles. The average molecular weight is 422 g/mol. The number of hydrogen-bond donors (Lipinski definition) is 1. The van der Waals surface area contributed by atoms with Crippen LogP contribution in [0.2, 0.25) is 0 Å². The summed E-state index contributed by atoms with van der Waals surface area (Å²) >= 11 is 0. The Morgan fingerprint density at radius 1 is 1.26 bits per heavy atom. The predicted octanol–water partition coefficient (Wildman–Crippen LogP) is 3.12. The van der Waals surface area contributed by atoms with Crippen LogP contribution in [0, 0.1) is 5.92 Å². The minimum absolute atomic E-state index is 0.152. The second kappa shape index (κ2) is 8.28. The molecule has 31 heavy (non-hydrogen) atoms.